The Morgan fingerprint density at radius 1 is 1.11 bits per heavy atom. The number of benzene rings is 1. The molecule has 0 amide bonds. The Hall–Kier alpha value is 0.140. The standard InChI is InChI=1S/C15H22Br2O/c1-3-6-11(4-2)15(18)10-9-12-13(16)7-5-8-14(12)17/h5,7-8,11,15,18H,3-4,6,9-10H2,1-2H3. The lowest BCUT2D eigenvalue weighted by Crippen LogP contribution is -2.20. The average molecular weight is 378 g/mol. The van der Waals surface area contributed by atoms with E-state index in [1.807, 2.05) is 6.07 Å². The van der Waals surface area contributed by atoms with Gasteiger partial charge in [0.25, 0.3) is 0 Å². The lowest BCUT2D eigenvalue weighted by molar-refractivity contribution is 0.0913. The van der Waals surface area contributed by atoms with Crippen molar-refractivity contribution in [3.63, 3.8) is 0 Å². The lowest BCUT2D eigenvalue weighted by Gasteiger charge is -2.21. The molecular formula is C15H22Br2O. The van der Waals surface area contributed by atoms with Gasteiger partial charge in [0.15, 0.2) is 0 Å². The first-order valence-electron chi connectivity index (χ1n) is 6.71. The largest absolute Gasteiger partial charge is 0.393 e. The number of halogens is 2. The van der Waals surface area contributed by atoms with E-state index in [1.54, 1.807) is 0 Å². The number of aliphatic hydroxyl groups is 1. The summed E-state index contributed by atoms with van der Waals surface area (Å²) in [5, 5.41) is 10.3. The van der Waals surface area contributed by atoms with Crippen molar-refractivity contribution in [2.75, 3.05) is 0 Å². The maximum absolute atomic E-state index is 10.3. The maximum Gasteiger partial charge on any atom is 0.0571 e. The van der Waals surface area contributed by atoms with Gasteiger partial charge in [0, 0.05) is 8.95 Å². The molecule has 0 fully saturated rings. The topological polar surface area (TPSA) is 20.2 Å². The van der Waals surface area contributed by atoms with Crippen LogP contribution < -0.4 is 0 Å². The zero-order valence-electron chi connectivity index (χ0n) is 11.1. The fourth-order valence-electron chi connectivity index (χ4n) is 2.34. The van der Waals surface area contributed by atoms with Gasteiger partial charge in [0.05, 0.1) is 6.10 Å². The summed E-state index contributed by atoms with van der Waals surface area (Å²) >= 11 is 7.14. The highest BCUT2D eigenvalue weighted by Crippen LogP contribution is 2.28. The van der Waals surface area contributed by atoms with Crippen molar-refractivity contribution in [2.24, 2.45) is 5.92 Å². The van der Waals surface area contributed by atoms with Crippen molar-refractivity contribution in [3.05, 3.63) is 32.7 Å². The summed E-state index contributed by atoms with van der Waals surface area (Å²) in [5.74, 6) is 0.441. The third-order valence-corrected chi connectivity index (χ3v) is 4.97. The van der Waals surface area contributed by atoms with Crippen molar-refractivity contribution in [1.29, 1.82) is 0 Å². The summed E-state index contributed by atoms with van der Waals surface area (Å²) < 4.78 is 2.24. The first kappa shape index (κ1) is 16.2. The van der Waals surface area contributed by atoms with E-state index in [0.717, 1.165) is 41.0 Å². The maximum atomic E-state index is 10.3. The fraction of sp³-hybridized carbons (Fsp3) is 0.600. The van der Waals surface area contributed by atoms with Crippen molar-refractivity contribution in [3.8, 4) is 0 Å². The van der Waals surface area contributed by atoms with E-state index < -0.39 is 0 Å². The van der Waals surface area contributed by atoms with Crippen LogP contribution in [-0.2, 0) is 6.42 Å². The number of rotatable bonds is 7. The summed E-state index contributed by atoms with van der Waals surface area (Å²) in [7, 11) is 0. The summed E-state index contributed by atoms with van der Waals surface area (Å²) in [5.41, 5.74) is 1.25. The van der Waals surface area contributed by atoms with Crippen molar-refractivity contribution in [2.45, 2.75) is 52.1 Å². The number of aliphatic hydroxyl groups excluding tert-OH is 1. The predicted molar refractivity (Wildman–Crippen MR) is 84.9 cm³/mol. The van der Waals surface area contributed by atoms with Crippen LogP contribution in [0.3, 0.4) is 0 Å². The molecule has 0 aromatic heterocycles. The van der Waals surface area contributed by atoms with Gasteiger partial charge in [-0.2, -0.15) is 0 Å². The minimum atomic E-state index is -0.186. The minimum absolute atomic E-state index is 0.186. The van der Waals surface area contributed by atoms with E-state index in [0.29, 0.717) is 5.92 Å². The first-order chi connectivity index (χ1) is 8.60. The third-order valence-electron chi connectivity index (χ3n) is 3.48. The normalized spacial score (nSPS) is 14.5. The Balaban J connectivity index is 2.59. The second-order valence-electron chi connectivity index (χ2n) is 4.76. The molecule has 102 valence electrons. The van der Waals surface area contributed by atoms with E-state index >= 15 is 0 Å². The zero-order chi connectivity index (χ0) is 13.5. The van der Waals surface area contributed by atoms with Gasteiger partial charge in [-0.05, 0) is 42.9 Å². The molecule has 1 rings (SSSR count). The Morgan fingerprint density at radius 2 is 1.72 bits per heavy atom. The molecule has 1 nitrogen and oxygen atoms in total. The third kappa shape index (κ3) is 4.67. The van der Waals surface area contributed by atoms with Crippen LogP contribution in [0.1, 0.15) is 45.1 Å². The van der Waals surface area contributed by atoms with Crippen LogP contribution in [-0.4, -0.2) is 11.2 Å². The van der Waals surface area contributed by atoms with Gasteiger partial charge in [0.2, 0.25) is 0 Å². The molecule has 0 aliphatic carbocycles. The van der Waals surface area contributed by atoms with Gasteiger partial charge >= 0.3 is 0 Å². The second kappa shape index (κ2) is 8.34. The van der Waals surface area contributed by atoms with Gasteiger partial charge < -0.3 is 5.11 Å². The van der Waals surface area contributed by atoms with Crippen molar-refractivity contribution >= 4 is 31.9 Å². The molecule has 3 heteroatoms. The van der Waals surface area contributed by atoms with Gasteiger partial charge in [-0.1, -0.05) is 64.6 Å². The molecule has 0 aliphatic rings. The van der Waals surface area contributed by atoms with Crippen molar-refractivity contribution in [1.82, 2.24) is 0 Å². The van der Waals surface area contributed by atoms with E-state index in [4.69, 9.17) is 0 Å². The van der Waals surface area contributed by atoms with E-state index in [-0.39, 0.29) is 6.10 Å². The molecule has 0 saturated carbocycles. The molecule has 18 heavy (non-hydrogen) atoms. The van der Waals surface area contributed by atoms with Crippen LogP contribution in [0.15, 0.2) is 27.1 Å². The lowest BCUT2D eigenvalue weighted by atomic mass is 9.90. The monoisotopic (exact) mass is 376 g/mol. The van der Waals surface area contributed by atoms with Gasteiger partial charge in [-0.25, -0.2) is 0 Å². The smallest absolute Gasteiger partial charge is 0.0571 e. The summed E-state index contributed by atoms with van der Waals surface area (Å²) in [6, 6.07) is 6.12. The van der Waals surface area contributed by atoms with Crippen LogP contribution >= 0.6 is 31.9 Å². The molecule has 2 atom stereocenters. The highest BCUT2D eigenvalue weighted by molar-refractivity contribution is 9.11. The molecule has 0 radical (unpaired) electrons. The first-order valence-corrected chi connectivity index (χ1v) is 8.29. The molecule has 0 aliphatic heterocycles. The molecule has 0 bridgehead atoms. The Bertz CT molecular complexity index is 345. The Labute approximate surface area is 127 Å². The van der Waals surface area contributed by atoms with Crippen molar-refractivity contribution < 1.29 is 5.11 Å². The van der Waals surface area contributed by atoms with Crippen LogP contribution in [0.25, 0.3) is 0 Å². The van der Waals surface area contributed by atoms with Gasteiger partial charge in [-0.3, -0.25) is 0 Å². The van der Waals surface area contributed by atoms with Gasteiger partial charge in [0.1, 0.15) is 0 Å². The quantitative estimate of drug-likeness (QED) is 0.680. The van der Waals surface area contributed by atoms with E-state index in [2.05, 4.69) is 57.8 Å². The summed E-state index contributed by atoms with van der Waals surface area (Å²) in [6.07, 6.45) is 4.88. The molecule has 0 spiro atoms. The second-order valence-corrected chi connectivity index (χ2v) is 6.47. The summed E-state index contributed by atoms with van der Waals surface area (Å²) in [4.78, 5) is 0. The van der Waals surface area contributed by atoms with Crippen LogP contribution in [0.5, 0.6) is 0 Å². The Kier molecular flexibility index (Phi) is 7.50. The van der Waals surface area contributed by atoms with Gasteiger partial charge in [-0.15, -0.1) is 0 Å². The zero-order valence-corrected chi connectivity index (χ0v) is 14.3. The molecular weight excluding hydrogens is 356 g/mol. The number of hydrogen-bond donors (Lipinski definition) is 1. The van der Waals surface area contributed by atoms with Crippen LogP contribution in [0.4, 0.5) is 0 Å². The highest BCUT2D eigenvalue weighted by Gasteiger charge is 2.17. The number of hydrogen-bond acceptors (Lipinski definition) is 1. The summed E-state index contributed by atoms with van der Waals surface area (Å²) in [6.45, 7) is 4.34. The van der Waals surface area contributed by atoms with E-state index in [9.17, 15) is 5.11 Å². The molecule has 1 N–H and O–H groups in total. The fourth-order valence-corrected chi connectivity index (χ4v) is 3.73. The molecule has 0 saturated heterocycles. The van der Waals surface area contributed by atoms with E-state index in [1.165, 1.54) is 5.56 Å². The Morgan fingerprint density at radius 3 is 2.22 bits per heavy atom. The molecule has 2 unspecified atom stereocenters. The molecule has 1 aromatic carbocycles. The van der Waals surface area contributed by atoms with Crippen LogP contribution in [0, 0.1) is 5.92 Å². The molecule has 0 heterocycles. The predicted octanol–water partition coefficient (Wildman–Crippen LogP) is 5.33. The average Bonchev–Trinajstić information content (AvgIpc) is 2.35. The minimum Gasteiger partial charge on any atom is -0.393 e. The van der Waals surface area contributed by atoms with Crippen LogP contribution in [0.2, 0.25) is 0 Å². The SMILES string of the molecule is CCCC(CC)C(O)CCc1c(Br)cccc1Br. The highest BCUT2D eigenvalue weighted by atomic mass is 79.9. The molecule has 1 aromatic rings.